The molecule has 0 aliphatic carbocycles. The Morgan fingerprint density at radius 2 is 1.93 bits per heavy atom. The predicted molar refractivity (Wildman–Crippen MR) is 57.4 cm³/mol. The summed E-state index contributed by atoms with van der Waals surface area (Å²) in [6.07, 6.45) is 0.988. The third-order valence-corrected chi connectivity index (χ3v) is 2.29. The molecule has 0 heterocycles. The summed E-state index contributed by atoms with van der Waals surface area (Å²) in [7, 11) is 3.04. The van der Waals surface area contributed by atoms with Gasteiger partial charge >= 0.3 is 5.97 Å². The normalized spacial score (nSPS) is 12.1. The van der Waals surface area contributed by atoms with Gasteiger partial charge in [-0.15, -0.1) is 0 Å². The molecule has 0 aromatic heterocycles. The van der Waals surface area contributed by atoms with Gasteiger partial charge in [-0.1, -0.05) is 30.3 Å². The van der Waals surface area contributed by atoms with Crippen molar-refractivity contribution < 1.29 is 14.3 Å². The summed E-state index contributed by atoms with van der Waals surface area (Å²) in [5.41, 5.74) is 1.09. The Morgan fingerprint density at radius 1 is 1.27 bits per heavy atom. The molecule has 0 bridgehead atoms. The quantitative estimate of drug-likeness (QED) is 0.697. The van der Waals surface area contributed by atoms with Crippen molar-refractivity contribution in [3.05, 3.63) is 35.9 Å². The molecule has 0 fully saturated rings. The maximum Gasteiger partial charge on any atom is 0.305 e. The molecule has 0 saturated heterocycles. The first-order valence-corrected chi connectivity index (χ1v) is 4.92. The van der Waals surface area contributed by atoms with E-state index in [9.17, 15) is 4.79 Å². The van der Waals surface area contributed by atoms with E-state index in [-0.39, 0.29) is 12.1 Å². The van der Waals surface area contributed by atoms with Gasteiger partial charge in [-0.25, -0.2) is 0 Å². The zero-order chi connectivity index (χ0) is 11.1. The number of hydrogen-bond acceptors (Lipinski definition) is 3. The Balaban J connectivity index is 2.53. The number of carbonyl (C=O) groups excluding carboxylic acids is 1. The van der Waals surface area contributed by atoms with E-state index in [1.165, 1.54) is 7.11 Å². The largest absolute Gasteiger partial charge is 0.469 e. The lowest BCUT2D eigenvalue weighted by atomic mass is 10.1. The highest BCUT2D eigenvalue weighted by Gasteiger charge is 2.12. The van der Waals surface area contributed by atoms with E-state index in [1.807, 2.05) is 30.3 Å². The number of esters is 1. The minimum atomic E-state index is -0.201. The molecular formula is C12H16O3. The van der Waals surface area contributed by atoms with E-state index in [2.05, 4.69) is 4.74 Å². The van der Waals surface area contributed by atoms with E-state index in [4.69, 9.17) is 4.74 Å². The zero-order valence-electron chi connectivity index (χ0n) is 9.10. The Hall–Kier alpha value is -1.35. The topological polar surface area (TPSA) is 35.5 Å². The van der Waals surface area contributed by atoms with Crippen molar-refractivity contribution in [3.63, 3.8) is 0 Å². The van der Waals surface area contributed by atoms with E-state index >= 15 is 0 Å². The van der Waals surface area contributed by atoms with Crippen LogP contribution in [-0.4, -0.2) is 20.2 Å². The Morgan fingerprint density at radius 3 is 2.47 bits per heavy atom. The molecule has 1 atom stereocenters. The highest BCUT2D eigenvalue weighted by atomic mass is 16.5. The second-order valence-corrected chi connectivity index (χ2v) is 3.25. The molecule has 0 radical (unpaired) electrons. The molecule has 0 spiro atoms. The fraction of sp³-hybridized carbons (Fsp3) is 0.417. The van der Waals surface area contributed by atoms with E-state index in [1.54, 1.807) is 7.11 Å². The van der Waals surface area contributed by atoms with Crippen molar-refractivity contribution >= 4 is 5.97 Å². The summed E-state index contributed by atoms with van der Waals surface area (Å²) in [6.45, 7) is 0. The van der Waals surface area contributed by atoms with Crippen LogP contribution in [0.3, 0.4) is 0 Å². The zero-order valence-corrected chi connectivity index (χ0v) is 9.10. The van der Waals surface area contributed by atoms with Crippen molar-refractivity contribution in [2.45, 2.75) is 18.9 Å². The molecule has 0 amide bonds. The van der Waals surface area contributed by atoms with Crippen LogP contribution in [0.25, 0.3) is 0 Å². The third kappa shape index (κ3) is 3.72. The van der Waals surface area contributed by atoms with Crippen molar-refractivity contribution in [2.24, 2.45) is 0 Å². The van der Waals surface area contributed by atoms with Gasteiger partial charge in [-0.2, -0.15) is 0 Å². The molecule has 1 aromatic carbocycles. The van der Waals surface area contributed by atoms with Crippen molar-refractivity contribution in [3.8, 4) is 0 Å². The number of benzene rings is 1. The second-order valence-electron chi connectivity index (χ2n) is 3.25. The average Bonchev–Trinajstić information content (AvgIpc) is 2.31. The Kier molecular flexibility index (Phi) is 4.84. The van der Waals surface area contributed by atoms with Crippen LogP contribution in [0.1, 0.15) is 24.5 Å². The molecule has 1 rings (SSSR count). The van der Waals surface area contributed by atoms with E-state index in [0.717, 1.165) is 5.56 Å². The Labute approximate surface area is 90.0 Å². The molecule has 15 heavy (non-hydrogen) atoms. The fourth-order valence-corrected chi connectivity index (χ4v) is 1.44. The van der Waals surface area contributed by atoms with Crippen molar-refractivity contribution in [1.29, 1.82) is 0 Å². The lowest BCUT2D eigenvalue weighted by molar-refractivity contribution is -0.141. The molecule has 82 valence electrons. The van der Waals surface area contributed by atoms with E-state index in [0.29, 0.717) is 12.8 Å². The van der Waals surface area contributed by atoms with Crippen LogP contribution in [0.2, 0.25) is 0 Å². The summed E-state index contributed by atoms with van der Waals surface area (Å²) in [5, 5.41) is 0. The molecule has 0 saturated carbocycles. The maximum atomic E-state index is 11.0. The SMILES string of the molecule is COC(=O)CC[C@@H](OC)c1ccccc1. The number of ether oxygens (including phenoxy) is 2. The summed E-state index contributed by atoms with van der Waals surface area (Å²) in [5.74, 6) is -0.201. The van der Waals surface area contributed by atoms with Crippen molar-refractivity contribution in [2.75, 3.05) is 14.2 Å². The highest BCUT2D eigenvalue weighted by molar-refractivity contribution is 5.69. The van der Waals surface area contributed by atoms with Gasteiger partial charge in [0.1, 0.15) is 0 Å². The molecule has 3 heteroatoms. The van der Waals surface area contributed by atoms with Crippen LogP contribution < -0.4 is 0 Å². The minimum Gasteiger partial charge on any atom is -0.469 e. The molecule has 1 aromatic rings. The molecule has 0 aliphatic heterocycles. The predicted octanol–water partition coefficient (Wildman–Crippen LogP) is 2.33. The fourth-order valence-electron chi connectivity index (χ4n) is 1.44. The molecular weight excluding hydrogens is 192 g/mol. The molecule has 0 aliphatic rings. The summed E-state index contributed by atoms with van der Waals surface area (Å²) in [6, 6.07) is 9.85. The number of rotatable bonds is 5. The van der Waals surface area contributed by atoms with Crippen LogP contribution in [0.4, 0.5) is 0 Å². The lowest BCUT2D eigenvalue weighted by Crippen LogP contribution is -2.06. The lowest BCUT2D eigenvalue weighted by Gasteiger charge is -2.14. The van der Waals surface area contributed by atoms with Crippen LogP contribution in [0.15, 0.2) is 30.3 Å². The molecule has 0 N–H and O–H groups in total. The second kappa shape index (κ2) is 6.19. The minimum absolute atomic E-state index is 0.0368. The van der Waals surface area contributed by atoms with Gasteiger partial charge in [0.25, 0.3) is 0 Å². The maximum absolute atomic E-state index is 11.0. The van der Waals surface area contributed by atoms with Crippen LogP contribution in [0, 0.1) is 0 Å². The monoisotopic (exact) mass is 208 g/mol. The van der Waals surface area contributed by atoms with Gasteiger partial charge in [-0.05, 0) is 12.0 Å². The van der Waals surface area contributed by atoms with Gasteiger partial charge in [0, 0.05) is 13.5 Å². The van der Waals surface area contributed by atoms with Crippen LogP contribution in [0.5, 0.6) is 0 Å². The highest BCUT2D eigenvalue weighted by Crippen LogP contribution is 2.21. The van der Waals surface area contributed by atoms with Gasteiger partial charge in [-0.3, -0.25) is 4.79 Å². The Bertz CT molecular complexity index is 295. The van der Waals surface area contributed by atoms with Gasteiger partial charge < -0.3 is 9.47 Å². The molecule has 3 nitrogen and oxygen atoms in total. The average molecular weight is 208 g/mol. The number of carbonyl (C=O) groups is 1. The molecule has 0 unspecified atom stereocenters. The first kappa shape index (κ1) is 11.7. The van der Waals surface area contributed by atoms with Crippen molar-refractivity contribution in [1.82, 2.24) is 0 Å². The summed E-state index contributed by atoms with van der Waals surface area (Å²) >= 11 is 0. The van der Waals surface area contributed by atoms with Crippen LogP contribution in [-0.2, 0) is 14.3 Å². The van der Waals surface area contributed by atoms with Gasteiger partial charge in [0.15, 0.2) is 0 Å². The smallest absolute Gasteiger partial charge is 0.305 e. The third-order valence-electron chi connectivity index (χ3n) is 2.29. The first-order valence-electron chi connectivity index (χ1n) is 4.92. The number of methoxy groups -OCH3 is 2. The summed E-state index contributed by atoms with van der Waals surface area (Å²) in [4.78, 5) is 11.0. The van der Waals surface area contributed by atoms with Gasteiger partial charge in [0.05, 0.1) is 13.2 Å². The first-order chi connectivity index (χ1) is 7.27. The summed E-state index contributed by atoms with van der Waals surface area (Å²) < 4.78 is 9.91. The standard InChI is InChI=1S/C12H16O3/c1-14-11(8-9-12(13)15-2)10-6-4-3-5-7-10/h3-7,11H,8-9H2,1-2H3/t11-/m1/s1. The van der Waals surface area contributed by atoms with Crippen LogP contribution >= 0.6 is 0 Å². The number of hydrogen-bond donors (Lipinski definition) is 0. The van der Waals surface area contributed by atoms with Gasteiger partial charge in [0.2, 0.25) is 0 Å². The van der Waals surface area contributed by atoms with E-state index < -0.39 is 0 Å².